The zero-order chi connectivity index (χ0) is 10.5. The van der Waals surface area contributed by atoms with Crippen molar-refractivity contribution in [1.29, 1.82) is 0 Å². The molecule has 0 aromatic carbocycles. The quantitative estimate of drug-likeness (QED) is 0.735. The molecule has 1 saturated carbocycles. The van der Waals surface area contributed by atoms with Gasteiger partial charge < -0.3 is 5.32 Å². The van der Waals surface area contributed by atoms with Crippen LogP contribution in [0.15, 0.2) is 0 Å². The van der Waals surface area contributed by atoms with Gasteiger partial charge in [0.15, 0.2) is 0 Å². The van der Waals surface area contributed by atoms with Crippen molar-refractivity contribution in [2.24, 2.45) is 5.41 Å². The fourth-order valence-electron chi connectivity index (χ4n) is 2.73. The Hall–Kier alpha value is -0.130. The highest BCUT2D eigenvalue weighted by atomic mass is 32.2. The second-order valence-corrected chi connectivity index (χ2v) is 7.48. The molecule has 5 heteroatoms. The fourth-order valence-corrected chi connectivity index (χ4v) is 4.79. The van der Waals surface area contributed by atoms with Crippen LogP contribution in [0.1, 0.15) is 25.7 Å². The molecule has 1 spiro atoms. The maximum atomic E-state index is 11.9. The van der Waals surface area contributed by atoms with E-state index in [0.29, 0.717) is 5.41 Å². The maximum absolute atomic E-state index is 11.9. The third kappa shape index (κ3) is 1.61. The van der Waals surface area contributed by atoms with Gasteiger partial charge in [0.2, 0.25) is 10.0 Å². The summed E-state index contributed by atoms with van der Waals surface area (Å²) < 4.78 is 25.5. The van der Waals surface area contributed by atoms with E-state index in [-0.39, 0.29) is 5.25 Å². The van der Waals surface area contributed by atoms with Crippen LogP contribution in [0.3, 0.4) is 0 Å². The minimum atomic E-state index is -2.89. The van der Waals surface area contributed by atoms with Gasteiger partial charge >= 0.3 is 0 Å². The van der Waals surface area contributed by atoms with Crippen molar-refractivity contribution in [3.05, 3.63) is 0 Å². The number of sulfonamides is 1. The zero-order valence-corrected chi connectivity index (χ0v) is 9.72. The van der Waals surface area contributed by atoms with Gasteiger partial charge in [-0.2, -0.15) is 0 Å². The second kappa shape index (κ2) is 3.18. The highest BCUT2D eigenvalue weighted by molar-refractivity contribution is 7.90. The molecule has 0 amide bonds. The highest BCUT2D eigenvalue weighted by Gasteiger charge is 2.51. The summed E-state index contributed by atoms with van der Waals surface area (Å²) >= 11 is 0. The molecule has 15 heavy (non-hydrogen) atoms. The molecule has 2 heterocycles. The van der Waals surface area contributed by atoms with Gasteiger partial charge in [0, 0.05) is 18.5 Å². The molecule has 1 N–H and O–H groups in total. The minimum Gasteiger partial charge on any atom is -0.317 e. The maximum Gasteiger partial charge on any atom is 0.217 e. The van der Waals surface area contributed by atoms with Gasteiger partial charge in [-0.05, 0) is 38.8 Å². The fraction of sp³-hybridized carbons (Fsp3) is 1.00. The smallest absolute Gasteiger partial charge is 0.217 e. The van der Waals surface area contributed by atoms with Crippen LogP contribution in [0, 0.1) is 5.41 Å². The van der Waals surface area contributed by atoms with Gasteiger partial charge in [-0.1, -0.05) is 0 Å². The van der Waals surface area contributed by atoms with Gasteiger partial charge in [0.25, 0.3) is 0 Å². The third-order valence-electron chi connectivity index (χ3n) is 3.99. The number of nitrogens with one attached hydrogen (secondary N) is 1. The molecule has 0 aromatic heterocycles. The number of rotatable bonds is 2. The molecule has 1 aliphatic carbocycles. The first-order valence-corrected chi connectivity index (χ1v) is 7.33. The summed E-state index contributed by atoms with van der Waals surface area (Å²) in [4.78, 5) is 0. The summed E-state index contributed by atoms with van der Waals surface area (Å²) in [7, 11) is -2.89. The van der Waals surface area contributed by atoms with Gasteiger partial charge in [-0.25, -0.2) is 12.7 Å². The topological polar surface area (TPSA) is 49.4 Å². The Bertz CT molecular complexity index is 348. The molecular formula is C10H18N2O2S. The van der Waals surface area contributed by atoms with Crippen molar-refractivity contribution in [1.82, 2.24) is 9.62 Å². The van der Waals surface area contributed by atoms with Crippen LogP contribution >= 0.6 is 0 Å². The molecule has 3 aliphatic rings. The van der Waals surface area contributed by atoms with E-state index in [1.54, 1.807) is 4.31 Å². The predicted octanol–water partition coefficient (Wildman–Crippen LogP) is 0.164. The molecule has 0 aromatic rings. The largest absolute Gasteiger partial charge is 0.317 e. The third-order valence-corrected chi connectivity index (χ3v) is 6.29. The van der Waals surface area contributed by atoms with Gasteiger partial charge in [-0.15, -0.1) is 0 Å². The molecule has 4 nitrogen and oxygen atoms in total. The van der Waals surface area contributed by atoms with E-state index in [1.807, 2.05) is 0 Å². The molecule has 0 radical (unpaired) electrons. The van der Waals surface area contributed by atoms with Crippen LogP contribution in [0.25, 0.3) is 0 Å². The molecule has 2 aliphatic heterocycles. The second-order valence-electron chi connectivity index (χ2n) is 5.26. The molecule has 0 bridgehead atoms. The lowest BCUT2D eigenvalue weighted by Crippen LogP contribution is -2.61. The van der Waals surface area contributed by atoms with E-state index < -0.39 is 10.0 Å². The van der Waals surface area contributed by atoms with Crippen molar-refractivity contribution < 1.29 is 8.42 Å². The summed E-state index contributed by atoms with van der Waals surface area (Å²) in [6.07, 6.45) is 4.05. The number of hydrogen-bond acceptors (Lipinski definition) is 3. The van der Waals surface area contributed by atoms with E-state index in [9.17, 15) is 8.42 Å². The van der Waals surface area contributed by atoms with Crippen molar-refractivity contribution in [3.63, 3.8) is 0 Å². The summed E-state index contributed by atoms with van der Waals surface area (Å²) in [5, 5.41) is 3.30. The first kappa shape index (κ1) is 10.1. The van der Waals surface area contributed by atoms with Crippen LogP contribution in [-0.2, 0) is 10.0 Å². The van der Waals surface area contributed by atoms with Gasteiger partial charge in [0.1, 0.15) is 0 Å². The summed E-state index contributed by atoms with van der Waals surface area (Å²) in [5.74, 6) is 0. The Labute approximate surface area is 91.1 Å². The number of hydrogen-bond donors (Lipinski definition) is 1. The molecule has 0 unspecified atom stereocenters. The van der Waals surface area contributed by atoms with E-state index in [1.165, 1.54) is 0 Å². The molecule has 0 atom stereocenters. The molecule has 3 rings (SSSR count). The molecule has 2 saturated heterocycles. The normalized spacial score (nSPS) is 31.5. The Balaban J connectivity index is 1.65. The minimum absolute atomic E-state index is 0.0310. The van der Waals surface area contributed by atoms with E-state index >= 15 is 0 Å². The first-order chi connectivity index (χ1) is 7.12. The monoisotopic (exact) mass is 230 g/mol. The Morgan fingerprint density at radius 2 is 1.73 bits per heavy atom. The van der Waals surface area contributed by atoms with Crippen molar-refractivity contribution in [2.45, 2.75) is 30.9 Å². The van der Waals surface area contributed by atoms with Crippen molar-refractivity contribution in [3.8, 4) is 0 Å². The van der Waals surface area contributed by atoms with Crippen molar-refractivity contribution in [2.75, 3.05) is 26.2 Å². The molecule has 86 valence electrons. The molecular weight excluding hydrogens is 212 g/mol. The average molecular weight is 230 g/mol. The van der Waals surface area contributed by atoms with Crippen LogP contribution in [0.5, 0.6) is 0 Å². The summed E-state index contributed by atoms with van der Waals surface area (Å²) in [6.45, 7) is 3.68. The van der Waals surface area contributed by atoms with E-state index in [0.717, 1.165) is 51.9 Å². The van der Waals surface area contributed by atoms with Crippen LogP contribution in [0.2, 0.25) is 0 Å². The Morgan fingerprint density at radius 3 is 2.27 bits per heavy atom. The Morgan fingerprint density at radius 1 is 1.13 bits per heavy atom. The van der Waals surface area contributed by atoms with Crippen molar-refractivity contribution >= 4 is 10.0 Å². The van der Waals surface area contributed by atoms with Crippen LogP contribution in [0.4, 0.5) is 0 Å². The summed E-state index contributed by atoms with van der Waals surface area (Å²) in [6, 6.07) is 0. The van der Waals surface area contributed by atoms with Gasteiger partial charge in [-0.3, -0.25) is 0 Å². The van der Waals surface area contributed by atoms with Gasteiger partial charge in [0.05, 0.1) is 5.25 Å². The Kier molecular flexibility index (Phi) is 2.13. The lowest BCUT2D eigenvalue weighted by atomic mass is 9.74. The first-order valence-electron chi connectivity index (χ1n) is 5.82. The SMILES string of the molecule is O=S(=O)(C1CC1)N1CC2(CCNCC2)C1. The highest BCUT2D eigenvalue weighted by Crippen LogP contribution is 2.43. The van der Waals surface area contributed by atoms with Crippen LogP contribution in [-0.4, -0.2) is 44.2 Å². The zero-order valence-electron chi connectivity index (χ0n) is 8.91. The lowest BCUT2D eigenvalue weighted by molar-refractivity contribution is 0.0372. The number of piperidine rings is 1. The number of nitrogens with zero attached hydrogens (tertiary/aromatic N) is 1. The van der Waals surface area contributed by atoms with Crippen LogP contribution < -0.4 is 5.32 Å². The average Bonchev–Trinajstić information content (AvgIpc) is 2.98. The predicted molar refractivity (Wildman–Crippen MR) is 58.1 cm³/mol. The lowest BCUT2D eigenvalue weighted by Gasteiger charge is -2.51. The van der Waals surface area contributed by atoms with E-state index in [2.05, 4.69) is 5.32 Å². The summed E-state index contributed by atoms with van der Waals surface area (Å²) in [5.41, 5.74) is 0.327. The molecule has 3 fully saturated rings. The van der Waals surface area contributed by atoms with E-state index in [4.69, 9.17) is 0 Å². The standard InChI is InChI=1S/C10H18N2O2S/c13-15(14,9-1-2-9)12-7-10(8-12)3-5-11-6-4-10/h9,11H,1-8H2.